The average Bonchev–Trinajstić information content (AvgIpc) is 3.23. The standard InChI is InChI=1S/C20H26N6O3S/c1-3-5-15(21)16(27)12-24-8-9-25(19(24)29)20-26(11-14-6-4-7-23-10-14)13(2)17(30-20)18(22)28/h4,6-7,10,20-21H,3,5,8-9,11-12H2,1-2H3,(H2,22,28). The monoisotopic (exact) mass is 430 g/mol. The predicted molar refractivity (Wildman–Crippen MR) is 114 cm³/mol. The summed E-state index contributed by atoms with van der Waals surface area (Å²) in [6.45, 7) is 4.92. The van der Waals surface area contributed by atoms with E-state index in [1.54, 1.807) is 17.3 Å². The van der Waals surface area contributed by atoms with Crippen molar-refractivity contribution in [1.29, 1.82) is 5.41 Å². The van der Waals surface area contributed by atoms with Crippen LogP contribution in [0, 0.1) is 5.41 Å². The molecule has 1 saturated heterocycles. The number of amides is 3. The molecule has 3 rings (SSSR count). The first kappa shape index (κ1) is 21.8. The number of hydrogen-bond acceptors (Lipinski definition) is 7. The lowest BCUT2D eigenvalue weighted by atomic mass is 10.1. The van der Waals surface area contributed by atoms with Crippen molar-refractivity contribution in [2.24, 2.45) is 5.73 Å². The molecule has 3 N–H and O–H groups in total. The van der Waals surface area contributed by atoms with Gasteiger partial charge in [0.15, 0.2) is 11.3 Å². The summed E-state index contributed by atoms with van der Waals surface area (Å²) in [5, 5.41) is 7.82. The second kappa shape index (κ2) is 9.29. The van der Waals surface area contributed by atoms with Crippen LogP contribution in [0.25, 0.3) is 0 Å². The van der Waals surface area contributed by atoms with Crippen molar-refractivity contribution in [3.8, 4) is 0 Å². The zero-order valence-corrected chi connectivity index (χ0v) is 17.9. The zero-order chi connectivity index (χ0) is 21.8. The van der Waals surface area contributed by atoms with Gasteiger partial charge in [0, 0.05) is 37.7 Å². The molecule has 3 heterocycles. The van der Waals surface area contributed by atoms with Crippen molar-refractivity contribution in [3.63, 3.8) is 0 Å². The Morgan fingerprint density at radius 2 is 2.13 bits per heavy atom. The van der Waals surface area contributed by atoms with E-state index in [0.717, 1.165) is 5.56 Å². The van der Waals surface area contributed by atoms with Crippen LogP contribution in [0.4, 0.5) is 4.79 Å². The minimum Gasteiger partial charge on any atom is -0.365 e. The first-order valence-corrected chi connectivity index (χ1v) is 10.7. The van der Waals surface area contributed by atoms with E-state index in [0.29, 0.717) is 43.1 Å². The molecule has 1 aromatic rings. The van der Waals surface area contributed by atoms with E-state index in [1.807, 2.05) is 30.9 Å². The maximum atomic E-state index is 13.0. The third-order valence-electron chi connectivity index (χ3n) is 5.11. The van der Waals surface area contributed by atoms with Gasteiger partial charge in [-0.15, -0.1) is 0 Å². The summed E-state index contributed by atoms with van der Waals surface area (Å²) in [6, 6.07) is 3.49. The number of rotatable bonds is 9. The largest absolute Gasteiger partial charge is 0.365 e. The molecule has 0 radical (unpaired) electrons. The van der Waals surface area contributed by atoms with Gasteiger partial charge in [-0.3, -0.25) is 19.5 Å². The second-order valence-corrected chi connectivity index (χ2v) is 8.33. The molecule has 9 nitrogen and oxygen atoms in total. The Kier molecular flexibility index (Phi) is 6.76. The topological polar surface area (TPSA) is 124 Å². The van der Waals surface area contributed by atoms with Gasteiger partial charge in [0.25, 0.3) is 5.91 Å². The van der Waals surface area contributed by atoms with Crippen molar-refractivity contribution in [1.82, 2.24) is 19.7 Å². The first-order chi connectivity index (χ1) is 14.3. The molecule has 0 saturated carbocycles. The molecule has 1 atom stereocenters. The first-order valence-electron chi connectivity index (χ1n) is 9.82. The number of primary amides is 1. The van der Waals surface area contributed by atoms with Crippen LogP contribution in [0.3, 0.4) is 0 Å². The minimum atomic E-state index is -0.525. The Balaban J connectivity index is 1.76. The molecule has 0 bridgehead atoms. The summed E-state index contributed by atoms with van der Waals surface area (Å²) in [5.41, 5.74) is 6.83. The van der Waals surface area contributed by atoms with Gasteiger partial charge in [-0.25, -0.2) is 4.79 Å². The van der Waals surface area contributed by atoms with Crippen molar-refractivity contribution in [2.75, 3.05) is 19.6 Å². The molecule has 2 aliphatic heterocycles. The number of urea groups is 1. The Morgan fingerprint density at radius 1 is 1.37 bits per heavy atom. The molecule has 1 unspecified atom stereocenters. The lowest BCUT2D eigenvalue weighted by Gasteiger charge is -2.33. The van der Waals surface area contributed by atoms with Crippen LogP contribution in [-0.2, 0) is 16.1 Å². The molecule has 1 aromatic heterocycles. The summed E-state index contributed by atoms with van der Waals surface area (Å²) in [7, 11) is 0. The third kappa shape index (κ3) is 4.48. The van der Waals surface area contributed by atoms with Gasteiger partial charge in [-0.1, -0.05) is 31.2 Å². The maximum Gasteiger partial charge on any atom is 0.322 e. The summed E-state index contributed by atoms with van der Waals surface area (Å²) in [6.07, 6.45) is 4.56. The van der Waals surface area contributed by atoms with E-state index in [9.17, 15) is 14.4 Å². The minimum absolute atomic E-state index is 0.0470. The summed E-state index contributed by atoms with van der Waals surface area (Å²) >= 11 is 1.25. The number of pyridine rings is 1. The predicted octanol–water partition coefficient (Wildman–Crippen LogP) is 1.76. The quantitative estimate of drug-likeness (QED) is 0.575. The van der Waals surface area contributed by atoms with Crippen LogP contribution < -0.4 is 5.73 Å². The van der Waals surface area contributed by atoms with Gasteiger partial charge in [-0.2, -0.15) is 0 Å². The van der Waals surface area contributed by atoms with Gasteiger partial charge in [0.2, 0.25) is 0 Å². The van der Waals surface area contributed by atoms with Crippen LogP contribution in [0.15, 0.2) is 35.1 Å². The number of thioether (sulfide) groups is 1. The van der Waals surface area contributed by atoms with Gasteiger partial charge < -0.3 is 20.9 Å². The van der Waals surface area contributed by atoms with E-state index in [1.165, 1.54) is 16.7 Å². The SMILES string of the molecule is CCCC(=N)C(=O)CN1CCN(C2SC(C(N)=O)=C(C)N2Cc2cccnc2)C1=O. The number of aromatic nitrogens is 1. The van der Waals surface area contributed by atoms with E-state index in [4.69, 9.17) is 11.1 Å². The summed E-state index contributed by atoms with van der Waals surface area (Å²) < 4.78 is 0. The number of carbonyl (C=O) groups is 3. The van der Waals surface area contributed by atoms with Crippen LogP contribution >= 0.6 is 11.8 Å². The highest BCUT2D eigenvalue weighted by Gasteiger charge is 2.43. The number of hydrogen-bond donors (Lipinski definition) is 2. The molecule has 2 aliphatic rings. The Labute approximate surface area is 179 Å². The number of nitrogens with one attached hydrogen (secondary N) is 1. The molecule has 10 heteroatoms. The van der Waals surface area contributed by atoms with E-state index in [2.05, 4.69) is 4.98 Å². The lowest BCUT2D eigenvalue weighted by molar-refractivity contribution is -0.114. The second-order valence-electron chi connectivity index (χ2n) is 7.26. The zero-order valence-electron chi connectivity index (χ0n) is 17.1. The normalized spacial score (nSPS) is 19.1. The fourth-order valence-corrected chi connectivity index (χ4v) is 4.81. The highest BCUT2D eigenvalue weighted by atomic mass is 32.2. The Bertz CT molecular complexity index is 888. The maximum absolute atomic E-state index is 13.0. The number of ketones is 1. The van der Waals surface area contributed by atoms with Gasteiger partial charge in [0.1, 0.15) is 0 Å². The molecular weight excluding hydrogens is 404 g/mol. The van der Waals surface area contributed by atoms with Crippen LogP contribution in [0.5, 0.6) is 0 Å². The van der Waals surface area contributed by atoms with Crippen LogP contribution in [0.2, 0.25) is 0 Å². The molecule has 3 amide bonds. The average molecular weight is 431 g/mol. The van der Waals surface area contributed by atoms with Gasteiger partial charge in [0.05, 0.1) is 17.2 Å². The Hall–Kier alpha value is -2.88. The highest BCUT2D eigenvalue weighted by Crippen LogP contribution is 2.41. The smallest absolute Gasteiger partial charge is 0.322 e. The van der Waals surface area contributed by atoms with Crippen molar-refractivity contribution < 1.29 is 14.4 Å². The Morgan fingerprint density at radius 3 is 2.77 bits per heavy atom. The molecule has 0 aliphatic carbocycles. The number of Topliss-reactive ketones (excluding diaryl/α,β-unsaturated/α-hetero) is 1. The summed E-state index contributed by atoms with van der Waals surface area (Å²) in [4.78, 5) is 46.8. The highest BCUT2D eigenvalue weighted by molar-refractivity contribution is 8.04. The molecule has 160 valence electrons. The third-order valence-corrected chi connectivity index (χ3v) is 6.57. The lowest BCUT2D eigenvalue weighted by Crippen LogP contribution is -2.46. The number of nitrogens with zero attached hydrogens (tertiary/aromatic N) is 4. The molecule has 30 heavy (non-hydrogen) atoms. The van der Waals surface area contributed by atoms with Crippen molar-refractivity contribution in [3.05, 3.63) is 40.7 Å². The van der Waals surface area contributed by atoms with Crippen molar-refractivity contribution in [2.45, 2.75) is 38.7 Å². The fraction of sp³-hybridized carbons (Fsp3) is 0.450. The van der Waals surface area contributed by atoms with Crippen molar-refractivity contribution >= 4 is 35.2 Å². The van der Waals surface area contributed by atoms with E-state index >= 15 is 0 Å². The molecule has 0 aromatic carbocycles. The number of allylic oxidation sites excluding steroid dienone is 1. The molecule has 0 spiro atoms. The fourth-order valence-electron chi connectivity index (χ4n) is 3.51. The van der Waals surface area contributed by atoms with E-state index < -0.39 is 11.4 Å². The molecule has 1 fully saturated rings. The summed E-state index contributed by atoms with van der Waals surface area (Å²) in [5.74, 6) is -0.853. The van der Waals surface area contributed by atoms with Crippen LogP contribution in [-0.4, -0.2) is 68.2 Å². The van der Waals surface area contributed by atoms with E-state index in [-0.39, 0.29) is 24.1 Å². The molecular formula is C20H26N6O3S. The van der Waals surface area contributed by atoms with Gasteiger partial charge in [-0.05, 0) is 25.0 Å². The number of nitrogens with two attached hydrogens (primary N) is 1. The number of carbonyl (C=O) groups excluding carboxylic acids is 3. The van der Waals surface area contributed by atoms with Gasteiger partial charge >= 0.3 is 6.03 Å². The van der Waals surface area contributed by atoms with Crippen LogP contribution in [0.1, 0.15) is 32.3 Å².